The number of rotatable bonds is 8. The minimum Gasteiger partial charge on any atom is -0.396 e. The summed E-state index contributed by atoms with van der Waals surface area (Å²) in [7, 11) is 0. The Hall–Kier alpha value is -0.240. The summed E-state index contributed by atoms with van der Waals surface area (Å²) in [5.74, 6) is 0. The standard InChI is InChI=1S/C6H14O3.C4H10O3/c1-2-3-4-9-6(8)5-7;5-2-1-4(7)3-6/h6-8H,2-5H2,1H3;4-7H,1-3H2. The molecule has 6 heteroatoms. The van der Waals surface area contributed by atoms with E-state index in [4.69, 9.17) is 30.3 Å². The molecule has 0 spiro atoms. The SMILES string of the molecule is CCCCOC(O)CO.OCCC(O)CO. The molecule has 0 aliphatic carbocycles. The first-order chi connectivity index (χ1) is 7.62. The highest BCUT2D eigenvalue weighted by molar-refractivity contribution is 4.48. The largest absolute Gasteiger partial charge is 0.396 e. The van der Waals surface area contributed by atoms with Gasteiger partial charge in [-0.1, -0.05) is 13.3 Å². The lowest BCUT2D eigenvalue weighted by Gasteiger charge is -2.06. The van der Waals surface area contributed by atoms with Crippen LogP contribution in [0.15, 0.2) is 0 Å². The number of hydrogen-bond donors (Lipinski definition) is 5. The molecule has 0 aliphatic heterocycles. The van der Waals surface area contributed by atoms with Crippen LogP contribution in [0.1, 0.15) is 26.2 Å². The Balaban J connectivity index is 0. The third-order valence-electron chi connectivity index (χ3n) is 1.64. The van der Waals surface area contributed by atoms with Crippen molar-refractivity contribution in [2.45, 2.75) is 38.6 Å². The van der Waals surface area contributed by atoms with Crippen LogP contribution in [0.5, 0.6) is 0 Å². The van der Waals surface area contributed by atoms with Crippen molar-refractivity contribution < 1.29 is 30.3 Å². The van der Waals surface area contributed by atoms with E-state index in [-0.39, 0.29) is 26.2 Å². The van der Waals surface area contributed by atoms with Crippen molar-refractivity contribution in [2.75, 3.05) is 26.4 Å². The van der Waals surface area contributed by atoms with Gasteiger partial charge in [-0.05, 0) is 12.8 Å². The maximum absolute atomic E-state index is 8.61. The fourth-order valence-electron chi connectivity index (χ4n) is 0.657. The Bertz CT molecular complexity index is 122. The van der Waals surface area contributed by atoms with Crippen LogP contribution < -0.4 is 0 Å². The maximum atomic E-state index is 8.61. The van der Waals surface area contributed by atoms with Crippen LogP contribution in [-0.4, -0.2) is 64.4 Å². The summed E-state index contributed by atoms with van der Waals surface area (Å²) >= 11 is 0. The van der Waals surface area contributed by atoms with E-state index in [1.165, 1.54) is 0 Å². The first-order valence-electron chi connectivity index (χ1n) is 5.42. The Kier molecular flexibility index (Phi) is 16.7. The highest BCUT2D eigenvalue weighted by Crippen LogP contribution is 1.90. The van der Waals surface area contributed by atoms with Gasteiger partial charge in [-0.15, -0.1) is 0 Å². The molecule has 0 rings (SSSR count). The van der Waals surface area contributed by atoms with Crippen LogP contribution in [-0.2, 0) is 4.74 Å². The lowest BCUT2D eigenvalue weighted by atomic mass is 10.3. The van der Waals surface area contributed by atoms with E-state index in [1.807, 2.05) is 6.92 Å². The fraction of sp³-hybridized carbons (Fsp3) is 1.00. The molecule has 0 fully saturated rings. The minimum atomic E-state index is -0.989. The van der Waals surface area contributed by atoms with Gasteiger partial charge in [-0.2, -0.15) is 0 Å². The summed E-state index contributed by atoms with van der Waals surface area (Å²) in [6.07, 6.45) is 0.493. The van der Waals surface area contributed by atoms with Crippen molar-refractivity contribution >= 4 is 0 Å². The van der Waals surface area contributed by atoms with Crippen molar-refractivity contribution in [3.05, 3.63) is 0 Å². The zero-order chi connectivity index (χ0) is 12.8. The number of aliphatic hydroxyl groups excluding tert-OH is 5. The summed E-state index contributed by atoms with van der Waals surface area (Å²) in [5, 5.41) is 41.5. The number of aliphatic hydroxyl groups is 5. The maximum Gasteiger partial charge on any atom is 0.177 e. The predicted octanol–water partition coefficient (Wildman–Crippen LogP) is -1.16. The average Bonchev–Trinajstić information content (AvgIpc) is 2.30. The molecule has 0 aromatic heterocycles. The molecule has 0 heterocycles. The topological polar surface area (TPSA) is 110 Å². The van der Waals surface area contributed by atoms with Gasteiger partial charge in [-0.3, -0.25) is 0 Å². The van der Waals surface area contributed by atoms with Gasteiger partial charge in [0.15, 0.2) is 6.29 Å². The summed E-state index contributed by atoms with van der Waals surface area (Å²) in [6.45, 7) is 1.92. The lowest BCUT2D eigenvalue weighted by Crippen LogP contribution is -2.16. The molecule has 0 aromatic rings. The normalized spacial score (nSPS) is 13.9. The molecular weight excluding hydrogens is 216 g/mol. The van der Waals surface area contributed by atoms with E-state index >= 15 is 0 Å². The molecule has 16 heavy (non-hydrogen) atoms. The minimum absolute atomic E-state index is 0.0677. The van der Waals surface area contributed by atoms with Crippen molar-refractivity contribution in [1.29, 1.82) is 0 Å². The third-order valence-corrected chi connectivity index (χ3v) is 1.64. The van der Waals surface area contributed by atoms with Crippen LogP contribution in [0.2, 0.25) is 0 Å². The highest BCUT2D eigenvalue weighted by atomic mass is 16.6. The van der Waals surface area contributed by atoms with E-state index < -0.39 is 12.4 Å². The first-order valence-corrected chi connectivity index (χ1v) is 5.42. The number of unbranched alkanes of at least 4 members (excludes halogenated alkanes) is 1. The van der Waals surface area contributed by atoms with Crippen LogP contribution in [0.25, 0.3) is 0 Å². The van der Waals surface area contributed by atoms with Gasteiger partial charge in [0.2, 0.25) is 0 Å². The molecular formula is C10H24O6. The molecule has 0 saturated heterocycles. The van der Waals surface area contributed by atoms with Gasteiger partial charge in [0.1, 0.15) is 0 Å². The van der Waals surface area contributed by atoms with E-state index in [9.17, 15) is 0 Å². The molecule has 0 bridgehead atoms. The second-order valence-corrected chi connectivity index (χ2v) is 3.21. The second-order valence-electron chi connectivity index (χ2n) is 3.21. The zero-order valence-electron chi connectivity index (χ0n) is 9.75. The van der Waals surface area contributed by atoms with Gasteiger partial charge < -0.3 is 30.3 Å². The lowest BCUT2D eigenvalue weighted by molar-refractivity contribution is -0.124. The highest BCUT2D eigenvalue weighted by Gasteiger charge is 1.98. The molecule has 0 radical (unpaired) electrons. The summed E-state index contributed by atoms with van der Waals surface area (Å²) in [6, 6.07) is 0. The summed E-state index contributed by atoms with van der Waals surface area (Å²) in [5.41, 5.74) is 0. The Morgan fingerprint density at radius 3 is 2.00 bits per heavy atom. The molecule has 100 valence electrons. The Morgan fingerprint density at radius 2 is 1.69 bits per heavy atom. The second kappa shape index (κ2) is 14.8. The van der Waals surface area contributed by atoms with E-state index in [1.54, 1.807) is 0 Å². The average molecular weight is 240 g/mol. The molecule has 2 unspecified atom stereocenters. The summed E-state index contributed by atoms with van der Waals surface area (Å²) in [4.78, 5) is 0. The van der Waals surface area contributed by atoms with Crippen molar-refractivity contribution in [2.24, 2.45) is 0 Å². The van der Waals surface area contributed by atoms with Crippen molar-refractivity contribution in [3.63, 3.8) is 0 Å². The first kappa shape index (κ1) is 18.1. The smallest absolute Gasteiger partial charge is 0.177 e. The predicted molar refractivity (Wildman–Crippen MR) is 58.7 cm³/mol. The molecule has 5 N–H and O–H groups in total. The zero-order valence-corrected chi connectivity index (χ0v) is 9.75. The van der Waals surface area contributed by atoms with Gasteiger partial charge in [0.25, 0.3) is 0 Å². The van der Waals surface area contributed by atoms with E-state index in [0.29, 0.717) is 6.61 Å². The van der Waals surface area contributed by atoms with Crippen LogP contribution in [0, 0.1) is 0 Å². The fourth-order valence-corrected chi connectivity index (χ4v) is 0.657. The molecule has 0 saturated carbocycles. The molecule has 0 aromatic carbocycles. The van der Waals surface area contributed by atoms with Gasteiger partial charge in [-0.25, -0.2) is 0 Å². The number of hydrogen-bond acceptors (Lipinski definition) is 6. The van der Waals surface area contributed by atoms with E-state index in [0.717, 1.165) is 12.8 Å². The van der Waals surface area contributed by atoms with Crippen LogP contribution >= 0.6 is 0 Å². The Labute approximate surface area is 96.1 Å². The molecule has 2 atom stereocenters. The quantitative estimate of drug-likeness (QED) is 0.270. The number of ether oxygens (including phenoxy) is 1. The monoisotopic (exact) mass is 240 g/mol. The van der Waals surface area contributed by atoms with Gasteiger partial charge in [0.05, 0.1) is 19.3 Å². The van der Waals surface area contributed by atoms with Crippen molar-refractivity contribution in [1.82, 2.24) is 0 Å². The van der Waals surface area contributed by atoms with Gasteiger partial charge >= 0.3 is 0 Å². The van der Waals surface area contributed by atoms with Crippen LogP contribution in [0.4, 0.5) is 0 Å². The van der Waals surface area contributed by atoms with E-state index in [2.05, 4.69) is 0 Å². The van der Waals surface area contributed by atoms with Crippen molar-refractivity contribution in [3.8, 4) is 0 Å². The molecule has 0 aliphatic rings. The molecule has 6 nitrogen and oxygen atoms in total. The Morgan fingerprint density at radius 1 is 1.06 bits per heavy atom. The summed E-state index contributed by atoms with van der Waals surface area (Å²) < 4.78 is 4.74. The van der Waals surface area contributed by atoms with Gasteiger partial charge in [0, 0.05) is 13.2 Å². The van der Waals surface area contributed by atoms with Crippen LogP contribution in [0.3, 0.4) is 0 Å². The third kappa shape index (κ3) is 16.2. The molecule has 0 amide bonds.